The summed E-state index contributed by atoms with van der Waals surface area (Å²) in [4.78, 5) is 20.2. The second-order valence-corrected chi connectivity index (χ2v) is 6.09. The normalized spacial score (nSPS) is 19.1. The summed E-state index contributed by atoms with van der Waals surface area (Å²) < 4.78 is 38.2. The zero-order valence-electron chi connectivity index (χ0n) is 13.0. The Morgan fingerprint density at radius 1 is 1.58 bits per heavy atom. The highest BCUT2D eigenvalue weighted by Gasteiger charge is 2.36. The van der Waals surface area contributed by atoms with Crippen LogP contribution in [0.15, 0.2) is 11.2 Å². The molecule has 2 rings (SSSR count). The lowest BCUT2D eigenvalue weighted by molar-refractivity contribution is -0.141. The van der Waals surface area contributed by atoms with Crippen molar-refractivity contribution in [1.29, 1.82) is 0 Å². The molecule has 1 aliphatic heterocycles. The summed E-state index contributed by atoms with van der Waals surface area (Å²) >= 11 is 5.84. The first-order valence-electron chi connectivity index (χ1n) is 7.23. The number of carbonyl (C=O) groups excluding carboxylic acids is 1. The van der Waals surface area contributed by atoms with Crippen LogP contribution in [-0.4, -0.2) is 34.9 Å². The first-order valence-corrected chi connectivity index (χ1v) is 7.60. The van der Waals surface area contributed by atoms with Crippen molar-refractivity contribution in [1.82, 2.24) is 9.88 Å². The molecule has 2 heterocycles. The molecule has 0 aromatic carbocycles. The number of rotatable bonds is 3. The number of hydrogen-bond acceptors (Lipinski definition) is 3. The van der Waals surface area contributed by atoms with Gasteiger partial charge in [-0.05, 0) is 36.4 Å². The van der Waals surface area contributed by atoms with Gasteiger partial charge in [-0.3, -0.25) is 4.79 Å². The number of amides is 1. The smallest absolute Gasteiger partial charge is 0.338 e. The molecule has 0 radical (unpaired) electrons. The van der Waals surface area contributed by atoms with Crippen LogP contribution in [0.3, 0.4) is 0 Å². The molecule has 1 aromatic rings. The minimum Gasteiger partial charge on any atom is -0.338 e. The summed E-state index contributed by atoms with van der Waals surface area (Å²) in [6.07, 6.45) is -3.98. The fourth-order valence-electron chi connectivity index (χ4n) is 2.74. The molecular formula is C14H15ClF3N5O. The average Bonchev–Trinajstić information content (AvgIpc) is 2.95. The monoisotopic (exact) mass is 361 g/mol. The lowest BCUT2D eigenvalue weighted by atomic mass is 10.0. The molecule has 1 amide bonds. The molecule has 1 fully saturated rings. The molecular weight excluding hydrogens is 347 g/mol. The summed E-state index contributed by atoms with van der Waals surface area (Å²) in [6, 6.07) is 0.546. The maximum Gasteiger partial charge on any atom is 0.433 e. The quantitative estimate of drug-likeness (QED) is 0.349. The van der Waals surface area contributed by atoms with Gasteiger partial charge in [-0.25, -0.2) is 4.98 Å². The third-order valence-corrected chi connectivity index (χ3v) is 4.38. The van der Waals surface area contributed by atoms with Gasteiger partial charge in [0.1, 0.15) is 10.8 Å². The van der Waals surface area contributed by atoms with Crippen LogP contribution in [0.25, 0.3) is 10.4 Å². The number of halogens is 4. The Labute approximate surface area is 141 Å². The van der Waals surface area contributed by atoms with Gasteiger partial charge < -0.3 is 4.90 Å². The number of nitrogens with zero attached hydrogens (tertiary/aromatic N) is 5. The topological polar surface area (TPSA) is 82.0 Å². The Balaban J connectivity index is 2.24. The van der Waals surface area contributed by atoms with Crippen molar-refractivity contribution in [3.63, 3.8) is 0 Å². The maximum absolute atomic E-state index is 12.7. The van der Waals surface area contributed by atoms with E-state index in [2.05, 4.69) is 15.0 Å². The van der Waals surface area contributed by atoms with E-state index in [0.717, 1.165) is 6.07 Å². The molecule has 1 aromatic heterocycles. The SMILES string of the molecule is Cc1cc(C(F)(F)F)nc(Cl)c1C(=O)N1CCC([C@H](C)N=[N+]=[N-])C1. The van der Waals surface area contributed by atoms with Crippen LogP contribution in [0, 0.1) is 12.8 Å². The summed E-state index contributed by atoms with van der Waals surface area (Å²) in [5.41, 5.74) is 7.45. The Hall–Kier alpha value is -1.99. The van der Waals surface area contributed by atoms with E-state index in [4.69, 9.17) is 17.1 Å². The number of aromatic nitrogens is 1. The summed E-state index contributed by atoms with van der Waals surface area (Å²) in [7, 11) is 0. The number of likely N-dealkylation sites (tertiary alicyclic amines) is 1. The van der Waals surface area contributed by atoms with E-state index in [1.807, 2.05) is 0 Å². The Morgan fingerprint density at radius 3 is 2.79 bits per heavy atom. The van der Waals surface area contributed by atoms with Gasteiger partial charge in [0.2, 0.25) is 0 Å². The molecule has 130 valence electrons. The van der Waals surface area contributed by atoms with Crippen LogP contribution < -0.4 is 0 Å². The van der Waals surface area contributed by atoms with Gasteiger partial charge >= 0.3 is 6.18 Å². The van der Waals surface area contributed by atoms with E-state index in [9.17, 15) is 18.0 Å². The molecule has 1 aliphatic rings. The molecule has 2 atom stereocenters. The predicted molar refractivity (Wildman–Crippen MR) is 81.6 cm³/mol. The zero-order chi connectivity index (χ0) is 18.1. The van der Waals surface area contributed by atoms with E-state index < -0.39 is 22.9 Å². The summed E-state index contributed by atoms with van der Waals surface area (Å²) in [5, 5.41) is 3.17. The van der Waals surface area contributed by atoms with Crippen molar-refractivity contribution in [3.8, 4) is 0 Å². The molecule has 0 N–H and O–H groups in total. The number of hydrogen-bond donors (Lipinski definition) is 0. The van der Waals surface area contributed by atoms with Crippen LogP contribution in [0.4, 0.5) is 13.2 Å². The van der Waals surface area contributed by atoms with Crippen LogP contribution in [0.5, 0.6) is 0 Å². The molecule has 1 saturated heterocycles. The Kier molecular flexibility index (Phi) is 5.25. The largest absolute Gasteiger partial charge is 0.433 e. The molecule has 10 heteroatoms. The van der Waals surface area contributed by atoms with E-state index in [-0.39, 0.29) is 23.1 Å². The van der Waals surface area contributed by atoms with E-state index in [1.54, 1.807) is 6.92 Å². The van der Waals surface area contributed by atoms with Crippen molar-refractivity contribution in [2.75, 3.05) is 13.1 Å². The number of azide groups is 1. The summed E-state index contributed by atoms with van der Waals surface area (Å²) in [5.74, 6) is -0.458. The standard InChI is InChI=1S/C14H15ClF3N5O/c1-7-5-10(14(16,17)18)20-12(15)11(7)13(24)23-4-3-9(6-23)8(2)21-22-19/h5,8-9H,3-4,6H2,1-2H3/t8-,9?/m0/s1. The van der Waals surface area contributed by atoms with Crippen molar-refractivity contribution in [2.24, 2.45) is 11.0 Å². The zero-order valence-corrected chi connectivity index (χ0v) is 13.8. The number of aryl methyl sites for hydroxylation is 1. The first-order chi connectivity index (χ1) is 11.1. The minimum absolute atomic E-state index is 0.00587. The number of alkyl halides is 3. The molecule has 1 unspecified atom stereocenters. The summed E-state index contributed by atoms with van der Waals surface area (Å²) in [6.45, 7) is 3.93. The number of pyridine rings is 1. The van der Waals surface area contributed by atoms with Crippen LogP contribution >= 0.6 is 11.6 Å². The second kappa shape index (κ2) is 6.86. The molecule has 0 bridgehead atoms. The third kappa shape index (κ3) is 3.73. The van der Waals surface area contributed by atoms with Crippen molar-refractivity contribution >= 4 is 17.5 Å². The minimum atomic E-state index is -4.63. The Bertz CT molecular complexity index is 679. The van der Waals surface area contributed by atoms with Gasteiger partial charge in [0, 0.05) is 24.0 Å². The van der Waals surface area contributed by atoms with Gasteiger partial charge in [-0.15, -0.1) is 0 Å². The molecule has 0 aliphatic carbocycles. The molecule has 24 heavy (non-hydrogen) atoms. The molecule has 6 nitrogen and oxygen atoms in total. The third-order valence-electron chi connectivity index (χ3n) is 4.10. The number of carbonyl (C=O) groups is 1. The van der Waals surface area contributed by atoms with Crippen LogP contribution in [-0.2, 0) is 6.18 Å². The lowest BCUT2D eigenvalue weighted by Gasteiger charge is -2.20. The van der Waals surface area contributed by atoms with E-state index in [1.165, 1.54) is 11.8 Å². The molecule has 0 saturated carbocycles. The highest BCUT2D eigenvalue weighted by Crippen LogP contribution is 2.32. The van der Waals surface area contributed by atoms with E-state index in [0.29, 0.717) is 19.5 Å². The highest BCUT2D eigenvalue weighted by molar-refractivity contribution is 6.32. The van der Waals surface area contributed by atoms with Crippen molar-refractivity contribution in [3.05, 3.63) is 38.5 Å². The maximum atomic E-state index is 12.7. The van der Waals surface area contributed by atoms with Gasteiger partial charge in [0.15, 0.2) is 0 Å². The van der Waals surface area contributed by atoms with Gasteiger partial charge in [-0.2, -0.15) is 13.2 Å². The second-order valence-electron chi connectivity index (χ2n) is 5.73. The van der Waals surface area contributed by atoms with E-state index >= 15 is 0 Å². The predicted octanol–water partition coefficient (Wildman–Crippen LogP) is 4.22. The Morgan fingerprint density at radius 2 is 2.25 bits per heavy atom. The van der Waals surface area contributed by atoms with Crippen LogP contribution in [0.1, 0.15) is 35.0 Å². The van der Waals surface area contributed by atoms with Crippen molar-refractivity contribution < 1.29 is 18.0 Å². The van der Waals surface area contributed by atoms with Crippen molar-refractivity contribution in [2.45, 2.75) is 32.5 Å². The van der Waals surface area contributed by atoms with Gasteiger partial charge in [-0.1, -0.05) is 23.6 Å². The average molecular weight is 362 g/mol. The fraction of sp³-hybridized carbons (Fsp3) is 0.571. The van der Waals surface area contributed by atoms with Gasteiger partial charge in [0.25, 0.3) is 5.91 Å². The fourth-order valence-corrected chi connectivity index (χ4v) is 3.06. The van der Waals surface area contributed by atoms with Gasteiger partial charge in [0.05, 0.1) is 5.56 Å². The highest BCUT2D eigenvalue weighted by atomic mass is 35.5. The lowest BCUT2D eigenvalue weighted by Crippen LogP contribution is -2.31. The van der Waals surface area contributed by atoms with Crippen LogP contribution in [0.2, 0.25) is 5.15 Å². The first kappa shape index (κ1) is 18.4. The molecule has 0 spiro atoms.